The van der Waals surface area contributed by atoms with E-state index in [4.69, 9.17) is 0 Å². The van der Waals surface area contributed by atoms with Crippen LogP contribution in [0.4, 0.5) is 0 Å². The zero-order valence-electron chi connectivity index (χ0n) is 6.24. The van der Waals surface area contributed by atoms with Crippen LogP contribution in [-0.4, -0.2) is 24.0 Å². The standard InChI is InChI=1S/C5H8O4S.K/c6-4-2-1-3-5(4)10(7,8)9;/h5H,1-3H2,(H,7,8,9);/q;+1/p-1. The Morgan fingerprint density at radius 1 is 1.45 bits per heavy atom. The first kappa shape index (κ1) is 12.2. The summed E-state index contributed by atoms with van der Waals surface area (Å²) in [7, 11) is -4.35. The molecule has 0 amide bonds. The third kappa shape index (κ3) is 3.21. The van der Waals surface area contributed by atoms with E-state index in [0.29, 0.717) is 6.42 Å². The zero-order chi connectivity index (χ0) is 7.78. The van der Waals surface area contributed by atoms with Crippen LogP contribution in [-0.2, 0) is 14.9 Å². The van der Waals surface area contributed by atoms with E-state index in [1.54, 1.807) is 0 Å². The van der Waals surface area contributed by atoms with Crippen LogP contribution >= 0.6 is 0 Å². The van der Waals surface area contributed by atoms with Crippen molar-refractivity contribution in [3.63, 3.8) is 0 Å². The van der Waals surface area contributed by atoms with Gasteiger partial charge >= 0.3 is 51.4 Å². The predicted octanol–water partition coefficient (Wildman–Crippen LogP) is -3.34. The van der Waals surface area contributed by atoms with Gasteiger partial charge in [-0.05, 0) is 12.8 Å². The summed E-state index contributed by atoms with van der Waals surface area (Å²) in [5, 5.41) is -1.24. The van der Waals surface area contributed by atoms with Gasteiger partial charge in [0.15, 0.2) is 0 Å². The largest absolute Gasteiger partial charge is 1.00 e. The smallest absolute Gasteiger partial charge is 0.747 e. The average Bonchev–Trinajstić information content (AvgIpc) is 2.11. The van der Waals surface area contributed by atoms with Gasteiger partial charge in [0.1, 0.15) is 21.2 Å². The van der Waals surface area contributed by atoms with Crippen LogP contribution < -0.4 is 51.4 Å². The normalized spacial score (nSPS) is 24.8. The second kappa shape index (κ2) is 4.45. The van der Waals surface area contributed by atoms with E-state index in [1.165, 1.54) is 0 Å². The minimum Gasteiger partial charge on any atom is -0.747 e. The van der Waals surface area contributed by atoms with Crippen LogP contribution in [0.3, 0.4) is 0 Å². The van der Waals surface area contributed by atoms with Crippen LogP contribution in [0.1, 0.15) is 19.3 Å². The van der Waals surface area contributed by atoms with Gasteiger partial charge in [-0.25, -0.2) is 8.42 Å². The van der Waals surface area contributed by atoms with Gasteiger partial charge in [0.05, 0.1) is 0 Å². The van der Waals surface area contributed by atoms with Gasteiger partial charge in [-0.15, -0.1) is 0 Å². The van der Waals surface area contributed by atoms with Crippen molar-refractivity contribution in [3.8, 4) is 0 Å². The molecule has 0 saturated heterocycles. The number of carbonyl (C=O) groups excluding carboxylic acids is 1. The Hall–Kier alpha value is 1.22. The minimum absolute atomic E-state index is 0. The summed E-state index contributed by atoms with van der Waals surface area (Å²) >= 11 is 0. The molecule has 58 valence electrons. The molecule has 1 unspecified atom stereocenters. The van der Waals surface area contributed by atoms with Gasteiger partial charge in [-0.1, -0.05) is 0 Å². The second-order valence-electron chi connectivity index (χ2n) is 2.34. The Morgan fingerprint density at radius 2 is 2.00 bits per heavy atom. The molecule has 6 heteroatoms. The average molecular weight is 202 g/mol. The summed E-state index contributed by atoms with van der Waals surface area (Å²) in [6.45, 7) is 0. The van der Waals surface area contributed by atoms with Gasteiger partial charge in [-0.3, -0.25) is 4.79 Å². The molecular formula is C5H7KO4S. The Balaban J connectivity index is 0.000001000. The Bertz CT molecular complexity index is 245. The van der Waals surface area contributed by atoms with E-state index >= 15 is 0 Å². The van der Waals surface area contributed by atoms with E-state index in [2.05, 4.69) is 0 Å². The van der Waals surface area contributed by atoms with Crippen molar-refractivity contribution in [2.45, 2.75) is 24.5 Å². The Kier molecular flexibility index (Phi) is 4.94. The van der Waals surface area contributed by atoms with Gasteiger partial charge in [0.25, 0.3) is 0 Å². The molecule has 11 heavy (non-hydrogen) atoms. The molecule has 1 atom stereocenters. The first-order valence-electron chi connectivity index (χ1n) is 2.99. The molecular weight excluding hydrogens is 195 g/mol. The quantitative estimate of drug-likeness (QED) is 0.329. The minimum atomic E-state index is -4.35. The van der Waals surface area contributed by atoms with Crippen LogP contribution in [0.15, 0.2) is 0 Å². The molecule has 1 saturated carbocycles. The molecule has 4 nitrogen and oxygen atoms in total. The number of ketones is 1. The molecule has 0 aliphatic heterocycles. The van der Waals surface area contributed by atoms with E-state index < -0.39 is 21.2 Å². The Morgan fingerprint density at radius 3 is 2.18 bits per heavy atom. The SMILES string of the molecule is O=C1CCCC1S(=O)(=O)[O-].[K+]. The van der Waals surface area contributed by atoms with Gasteiger partial charge < -0.3 is 4.55 Å². The van der Waals surface area contributed by atoms with Crippen LogP contribution in [0.25, 0.3) is 0 Å². The fourth-order valence-electron chi connectivity index (χ4n) is 1.09. The fraction of sp³-hybridized carbons (Fsp3) is 0.800. The molecule has 0 aromatic rings. The maximum Gasteiger partial charge on any atom is 1.00 e. The number of carbonyl (C=O) groups is 1. The van der Waals surface area contributed by atoms with Crippen molar-refractivity contribution < 1.29 is 69.1 Å². The topological polar surface area (TPSA) is 74.3 Å². The molecule has 0 heterocycles. The predicted molar refractivity (Wildman–Crippen MR) is 32.3 cm³/mol. The number of hydrogen-bond donors (Lipinski definition) is 0. The van der Waals surface area contributed by atoms with Crippen molar-refractivity contribution in [3.05, 3.63) is 0 Å². The maximum atomic E-state index is 10.6. The number of rotatable bonds is 1. The molecule has 0 radical (unpaired) electrons. The molecule has 1 fully saturated rings. The summed E-state index contributed by atoms with van der Waals surface area (Å²) in [5.74, 6) is -0.421. The van der Waals surface area contributed by atoms with E-state index in [9.17, 15) is 17.8 Å². The van der Waals surface area contributed by atoms with Crippen LogP contribution in [0.2, 0.25) is 0 Å². The first-order chi connectivity index (χ1) is 4.52. The van der Waals surface area contributed by atoms with E-state index in [1.807, 2.05) is 0 Å². The van der Waals surface area contributed by atoms with Gasteiger partial charge in [0.2, 0.25) is 0 Å². The van der Waals surface area contributed by atoms with Crippen LogP contribution in [0, 0.1) is 0 Å². The molecule has 1 rings (SSSR count). The molecule has 1 aliphatic rings. The van der Waals surface area contributed by atoms with Crippen molar-refractivity contribution >= 4 is 15.9 Å². The van der Waals surface area contributed by atoms with Gasteiger partial charge in [0, 0.05) is 6.42 Å². The molecule has 1 aliphatic carbocycles. The summed E-state index contributed by atoms with van der Waals surface area (Å²) < 4.78 is 30.8. The molecule has 0 bridgehead atoms. The molecule has 0 N–H and O–H groups in total. The first-order valence-corrected chi connectivity index (χ1v) is 4.46. The summed E-state index contributed by atoms with van der Waals surface area (Å²) in [5.41, 5.74) is 0. The van der Waals surface area contributed by atoms with Gasteiger partial charge in [-0.2, -0.15) is 0 Å². The third-order valence-electron chi connectivity index (χ3n) is 1.60. The molecule has 0 aromatic carbocycles. The van der Waals surface area contributed by atoms with Crippen molar-refractivity contribution in [2.75, 3.05) is 0 Å². The molecule has 0 aromatic heterocycles. The summed E-state index contributed by atoms with van der Waals surface area (Å²) in [6, 6.07) is 0. The Labute approximate surface area is 108 Å². The number of Topliss-reactive ketones (excluding diaryl/α,β-unsaturated/α-hetero) is 1. The van der Waals surface area contributed by atoms with Crippen molar-refractivity contribution in [1.29, 1.82) is 0 Å². The van der Waals surface area contributed by atoms with Crippen LogP contribution in [0.5, 0.6) is 0 Å². The monoisotopic (exact) mass is 202 g/mol. The number of hydrogen-bond acceptors (Lipinski definition) is 4. The zero-order valence-corrected chi connectivity index (χ0v) is 10.2. The van der Waals surface area contributed by atoms with Crippen molar-refractivity contribution in [1.82, 2.24) is 0 Å². The summed E-state index contributed by atoms with van der Waals surface area (Å²) in [6.07, 6.45) is 0.988. The van der Waals surface area contributed by atoms with E-state index in [-0.39, 0.29) is 64.2 Å². The second-order valence-corrected chi connectivity index (χ2v) is 3.89. The fourth-order valence-corrected chi connectivity index (χ4v) is 1.98. The maximum absolute atomic E-state index is 10.6. The van der Waals surface area contributed by atoms with Crippen molar-refractivity contribution in [2.24, 2.45) is 0 Å². The molecule has 0 spiro atoms. The van der Waals surface area contributed by atoms with E-state index in [0.717, 1.165) is 0 Å². The summed E-state index contributed by atoms with van der Waals surface area (Å²) in [4.78, 5) is 10.6. The third-order valence-corrected chi connectivity index (χ3v) is 2.79.